The van der Waals surface area contributed by atoms with Gasteiger partial charge < -0.3 is 70.0 Å². The lowest BCUT2D eigenvalue weighted by Gasteiger charge is -2.19. The summed E-state index contributed by atoms with van der Waals surface area (Å²) in [5, 5.41) is 8.44. The number of esters is 1. The van der Waals surface area contributed by atoms with E-state index in [1.807, 2.05) is 20.8 Å². The van der Waals surface area contributed by atoms with Gasteiger partial charge in [-0.15, -0.1) is 0 Å². The molecule has 0 aromatic heterocycles. The number of ether oxygens (including phenoxy) is 9. The minimum absolute atomic E-state index is 0.0930. The molecule has 0 aliphatic heterocycles. The lowest BCUT2D eigenvalue weighted by atomic mass is 10.1. The van der Waals surface area contributed by atoms with Gasteiger partial charge in [-0.25, -0.2) is 0 Å². The molecule has 312 valence electrons. The summed E-state index contributed by atoms with van der Waals surface area (Å²) in [6, 6.07) is -0.750. The quantitative estimate of drug-likeness (QED) is 0.0391. The lowest BCUT2D eigenvalue weighted by Crippen LogP contribution is -2.47. The van der Waals surface area contributed by atoms with Crippen LogP contribution in [0.15, 0.2) is 0 Å². The summed E-state index contributed by atoms with van der Waals surface area (Å²) >= 11 is 0. The molecule has 3 amide bonds. The molecular weight excluding hydrogens is 698 g/mol. The van der Waals surface area contributed by atoms with E-state index in [4.69, 9.17) is 54.1 Å². The maximum absolute atomic E-state index is 12.9. The molecule has 0 bridgehead atoms. The zero-order valence-electron chi connectivity index (χ0n) is 32.4. The van der Waals surface area contributed by atoms with Gasteiger partial charge in [0, 0.05) is 39.0 Å². The van der Waals surface area contributed by atoms with Crippen LogP contribution in [0.4, 0.5) is 0 Å². The molecule has 0 saturated carbocycles. The van der Waals surface area contributed by atoms with Gasteiger partial charge in [0.25, 0.3) is 0 Å². The second-order valence-electron chi connectivity index (χ2n) is 12.6. The molecule has 0 radical (unpaired) electrons. The fourth-order valence-electron chi connectivity index (χ4n) is 4.14. The van der Waals surface area contributed by atoms with Crippen molar-refractivity contribution in [2.75, 3.05) is 132 Å². The summed E-state index contributed by atoms with van der Waals surface area (Å²) < 4.78 is 48.3. The first kappa shape index (κ1) is 50.5. The van der Waals surface area contributed by atoms with E-state index in [2.05, 4.69) is 16.0 Å². The van der Waals surface area contributed by atoms with Crippen LogP contribution in [0.25, 0.3) is 0 Å². The third-order valence-corrected chi connectivity index (χ3v) is 6.64. The number of unbranched alkanes of at least 4 members (excludes halogenated alkanes) is 1. The zero-order chi connectivity index (χ0) is 39.3. The molecule has 0 fully saturated rings. The molecule has 0 aromatic rings. The molecule has 18 nitrogen and oxygen atoms in total. The highest BCUT2D eigenvalue weighted by Crippen LogP contribution is 2.08. The maximum Gasteiger partial charge on any atom is 0.308 e. The number of carbonyl (C=O) groups is 4. The first-order chi connectivity index (χ1) is 25.6. The number of rotatable bonds is 38. The van der Waals surface area contributed by atoms with Crippen molar-refractivity contribution in [3.63, 3.8) is 0 Å². The highest BCUT2D eigenvalue weighted by molar-refractivity contribution is 5.87. The molecule has 18 heteroatoms. The molecule has 1 unspecified atom stereocenters. The van der Waals surface area contributed by atoms with Crippen molar-refractivity contribution in [1.29, 1.82) is 0 Å². The highest BCUT2D eigenvalue weighted by atomic mass is 16.6. The third-order valence-electron chi connectivity index (χ3n) is 6.64. The SMILES string of the molecule is CC(C)(C)OC(=O)CCOCCOCCOCCOCCNC(=O)C(CCCCNC(=O)CCOCCOCCN)NC(=O)CCOCCOCCN. The van der Waals surface area contributed by atoms with E-state index in [-0.39, 0.29) is 69.3 Å². The Labute approximate surface area is 315 Å². The standard InChI is InChI=1S/C35H69N5O13/c1-35(2,3)53-33(43)9-16-47-22-26-51-28-29-52-27-25-50-19-13-39-34(44)30(40-32(42)8-15-46-21-24-49-18-11-37)6-4-5-12-38-31(41)7-14-45-20-23-48-17-10-36/h30H,4-29,36-37H2,1-3H3,(H,38,41)(H,39,44)(H,40,42). The van der Waals surface area contributed by atoms with Crippen molar-refractivity contribution in [1.82, 2.24) is 16.0 Å². The monoisotopic (exact) mass is 767 g/mol. The van der Waals surface area contributed by atoms with Crippen LogP contribution in [0.1, 0.15) is 59.3 Å². The Balaban J connectivity index is 4.20. The van der Waals surface area contributed by atoms with Crippen molar-refractivity contribution < 1.29 is 61.8 Å². The molecule has 0 aliphatic carbocycles. The van der Waals surface area contributed by atoms with E-state index in [9.17, 15) is 19.2 Å². The fraction of sp³-hybridized carbons (Fsp3) is 0.886. The Morgan fingerprint density at radius 1 is 0.509 bits per heavy atom. The molecule has 0 saturated heterocycles. The lowest BCUT2D eigenvalue weighted by molar-refractivity contribution is -0.156. The average Bonchev–Trinajstić information content (AvgIpc) is 3.11. The van der Waals surface area contributed by atoms with Gasteiger partial charge in [0.05, 0.1) is 112 Å². The number of hydrogen-bond donors (Lipinski definition) is 5. The van der Waals surface area contributed by atoms with Crippen LogP contribution in [0.3, 0.4) is 0 Å². The van der Waals surface area contributed by atoms with Crippen molar-refractivity contribution >= 4 is 23.7 Å². The van der Waals surface area contributed by atoms with E-state index in [0.29, 0.717) is 125 Å². The van der Waals surface area contributed by atoms with Crippen LogP contribution in [-0.2, 0) is 61.8 Å². The van der Waals surface area contributed by atoms with E-state index in [1.54, 1.807) is 0 Å². The largest absolute Gasteiger partial charge is 0.460 e. The number of carbonyl (C=O) groups excluding carboxylic acids is 4. The average molecular weight is 768 g/mol. The molecule has 0 heterocycles. The maximum atomic E-state index is 12.9. The molecule has 0 aromatic carbocycles. The van der Waals surface area contributed by atoms with Gasteiger partial charge in [0.2, 0.25) is 17.7 Å². The predicted octanol–water partition coefficient (Wildman–Crippen LogP) is -0.564. The van der Waals surface area contributed by atoms with Crippen LogP contribution in [0.5, 0.6) is 0 Å². The van der Waals surface area contributed by atoms with Crippen LogP contribution >= 0.6 is 0 Å². The Morgan fingerprint density at radius 3 is 1.43 bits per heavy atom. The summed E-state index contributed by atoms with van der Waals surface area (Å²) in [7, 11) is 0. The summed E-state index contributed by atoms with van der Waals surface area (Å²) in [6.07, 6.45) is 2.14. The third kappa shape index (κ3) is 37.6. The van der Waals surface area contributed by atoms with Gasteiger partial charge in [0.15, 0.2) is 0 Å². The van der Waals surface area contributed by atoms with E-state index < -0.39 is 11.6 Å². The Morgan fingerprint density at radius 2 is 0.943 bits per heavy atom. The van der Waals surface area contributed by atoms with E-state index >= 15 is 0 Å². The molecule has 7 N–H and O–H groups in total. The van der Waals surface area contributed by atoms with Gasteiger partial charge in [0.1, 0.15) is 11.6 Å². The van der Waals surface area contributed by atoms with Gasteiger partial charge in [-0.2, -0.15) is 0 Å². The molecule has 0 spiro atoms. The highest BCUT2D eigenvalue weighted by Gasteiger charge is 2.20. The Bertz CT molecular complexity index is 912. The second-order valence-corrected chi connectivity index (χ2v) is 12.6. The van der Waals surface area contributed by atoms with Gasteiger partial charge in [-0.3, -0.25) is 19.2 Å². The first-order valence-electron chi connectivity index (χ1n) is 18.7. The fourth-order valence-corrected chi connectivity index (χ4v) is 4.14. The Hall–Kier alpha value is -2.52. The number of hydrogen-bond acceptors (Lipinski definition) is 15. The van der Waals surface area contributed by atoms with Crippen LogP contribution in [0, 0.1) is 0 Å². The summed E-state index contributed by atoms with van der Waals surface area (Å²) in [6.45, 7) is 12.7. The van der Waals surface area contributed by atoms with Gasteiger partial charge in [-0.05, 0) is 40.0 Å². The zero-order valence-corrected chi connectivity index (χ0v) is 32.4. The summed E-state index contributed by atoms with van der Waals surface area (Å²) in [5.41, 5.74) is 10.2. The van der Waals surface area contributed by atoms with E-state index in [0.717, 1.165) is 0 Å². The van der Waals surface area contributed by atoms with Crippen molar-refractivity contribution in [2.24, 2.45) is 11.5 Å². The van der Waals surface area contributed by atoms with Crippen LogP contribution < -0.4 is 27.4 Å². The first-order valence-corrected chi connectivity index (χ1v) is 18.7. The molecule has 0 rings (SSSR count). The van der Waals surface area contributed by atoms with Crippen molar-refractivity contribution in [3.8, 4) is 0 Å². The molecular formula is C35H69N5O13. The second kappa shape index (κ2) is 36.5. The Kier molecular flexibility index (Phi) is 34.7. The topological polar surface area (TPSA) is 239 Å². The summed E-state index contributed by atoms with van der Waals surface area (Å²) in [5.74, 6) is -1.05. The molecule has 0 aliphatic rings. The normalized spacial score (nSPS) is 12.0. The van der Waals surface area contributed by atoms with Gasteiger partial charge in [-0.1, -0.05) is 0 Å². The number of amides is 3. The predicted molar refractivity (Wildman–Crippen MR) is 196 cm³/mol. The van der Waals surface area contributed by atoms with Crippen LogP contribution in [0.2, 0.25) is 0 Å². The van der Waals surface area contributed by atoms with Gasteiger partial charge >= 0.3 is 5.97 Å². The molecule has 1 atom stereocenters. The van der Waals surface area contributed by atoms with Crippen molar-refractivity contribution in [2.45, 2.75) is 70.9 Å². The summed E-state index contributed by atoms with van der Waals surface area (Å²) in [4.78, 5) is 49.2. The van der Waals surface area contributed by atoms with E-state index in [1.165, 1.54) is 0 Å². The smallest absolute Gasteiger partial charge is 0.308 e. The molecule has 53 heavy (non-hydrogen) atoms. The number of nitrogens with two attached hydrogens (primary N) is 2. The minimum atomic E-state index is -0.750. The van der Waals surface area contributed by atoms with Crippen molar-refractivity contribution in [3.05, 3.63) is 0 Å². The van der Waals surface area contributed by atoms with Crippen LogP contribution in [-0.4, -0.2) is 167 Å². The number of nitrogens with one attached hydrogen (secondary N) is 3. The minimum Gasteiger partial charge on any atom is -0.460 e.